The van der Waals surface area contributed by atoms with Gasteiger partial charge in [-0.2, -0.15) is 0 Å². The summed E-state index contributed by atoms with van der Waals surface area (Å²) >= 11 is 1.97. The molecule has 0 amide bonds. The zero-order chi connectivity index (χ0) is 32.8. The van der Waals surface area contributed by atoms with Gasteiger partial charge in [-0.15, -0.1) is 11.3 Å². The first-order valence-electron chi connectivity index (χ1n) is 18.1. The van der Waals surface area contributed by atoms with Crippen molar-refractivity contribution in [3.05, 3.63) is 96.1 Å². The number of fused-ring (bicyclic) bond motifs is 16. The van der Waals surface area contributed by atoms with Crippen LogP contribution in [0, 0.1) is 0 Å². The molecular weight excluding hydrogens is 615 g/mol. The molecule has 1 aliphatic carbocycles. The summed E-state index contributed by atoms with van der Waals surface area (Å²) < 4.78 is 12.3. The summed E-state index contributed by atoms with van der Waals surface area (Å²) in [7, 11) is 0. The highest BCUT2D eigenvalue weighted by Gasteiger charge is 2.61. The molecule has 2 atom stereocenters. The van der Waals surface area contributed by atoms with Gasteiger partial charge in [0.2, 0.25) is 0 Å². The van der Waals surface area contributed by atoms with Gasteiger partial charge in [-0.05, 0) is 77.6 Å². The van der Waals surface area contributed by atoms with Crippen LogP contribution in [0.25, 0.3) is 64.3 Å². The van der Waals surface area contributed by atoms with Crippen molar-refractivity contribution >= 4 is 93.6 Å². The highest BCUT2D eigenvalue weighted by Crippen LogP contribution is 2.63. The van der Waals surface area contributed by atoms with E-state index in [9.17, 15) is 0 Å². The maximum absolute atomic E-state index is 6.81. The van der Waals surface area contributed by atoms with Crippen LogP contribution in [0.3, 0.4) is 0 Å². The van der Waals surface area contributed by atoms with Gasteiger partial charge in [-0.1, -0.05) is 95.1 Å². The summed E-state index contributed by atoms with van der Waals surface area (Å²) in [5, 5.41) is 5.18. The van der Waals surface area contributed by atoms with E-state index in [-0.39, 0.29) is 23.2 Å². The summed E-state index contributed by atoms with van der Waals surface area (Å²) in [5.41, 5.74) is 16.2. The first-order valence-corrected chi connectivity index (χ1v) is 18.9. The number of anilines is 2. The summed E-state index contributed by atoms with van der Waals surface area (Å²) in [4.78, 5) is 2.88. The molecule has 0 radical (unpaired) electrons. The molecule has 5 aromatic carbocycles. The van der Waals surface area contributed by atoms with Crippen LogP contribution in [0.15, 0.2) is 89.3 Å². The van der Waals surface area contributed by atoms with Gasteiger partial charge in [0, 0.05) is 64.4 Å². The van der Waals surface area contributed by atoms with E-state index in [0.717, 1.165) is 11.2 Å². The molecule has 12 rings (SSSR count). The maximum atomic E-state index is 6.81. The van der Waals surface area contributed by atoms with Gasteiger partial charge in [0.15, 0.2) is 5.58 Å². The summed E-state index contributed by atoms with van der Waals surface area (Å²) in [5.74, 6) is 0. The number of nitrogens with zero attached hydrogens (tertiary/aromatic N) is 2. The van der Waals surface area contributed by atoms with Gasteiger partial charge in [-0.25, -0.2) is 0 Å². The molecule has 5 heteroatoms. The van der Waals surface area contributed by atoms with Gasteiger partial charge in [-0.3, -0.25) is 0 Å². The zero-order valence-corrected chi connectivity index (χ0v) is 29.5. The first-order chi connectivity index (χ1) is 23.7. The summed E-state index contributed by atoms with van der Waals surface area (Å²) in [6.45, 7) is 12.4. The predicted molar refractivity (Wildman–Crippen MR) is 209 cm³/mol. The van der Waals surface area contributed by atoms with Crippen LogP contribution < -0.4 is 15.8 Å². The highest BCUT2D eigenvalue weighted by molar-refractivity contribution is 7.26. The van der Waals surface area contributed by atoms with Crippen LogP contribution in [0.5, 0.6) is 0 Å². The Morgan fingerprint density at radius 2 is 1.57 bits per heavy atom. The second-order valence-electron chi connectivity index (χ2n) is 16.8. The van der Waals surface area contributed by atoms with Crippen molar-refractivity contribution in [3.63, 3.8) is 0 Å². The molecule has 238 valence electrons. The maximum Gasteiger partial charge on any atom is 0.333 e. The first kappa shape index (κ1) is 27.4. The lowest BCUT2D eigenvalue weighted by atomic mass is 9.44. The monoisotopic (exact) mass is 652 g/mol. The molecule has 4 aliphatic rings. The molecule has 3 aromatic heterocycles. The average molecular weight is 653 g/mol. The van der Waals surface area contributed by atoms with Crippen LogP contribution in [-0.2, 0) is 10.8 Å². The Hall–Kier alpha value is -4.48. The van der Waals surface area contributed by atoms with Gasteiger partial charge >= 0.3 is 6.85 Å². The molecular formula is C44H37BN2OS. The second-order valence-corrected chi connectivity index (χ2v) is 17.8. The van der Waals surface area contributed by atoms with Crippen molar-refractivity contribution in [2.24, 2.45) is 0 Å². The molecule has 3 nitrogen and oxygen atoms in total. The van der Waals surface area contributed by atoms with Crippen LogP contribution in [-0.4, -0.2) is 16.9 Å². The molecule has 2 unspecified atom stereocenters. The average Bonchev–Trinajstić information content (AvgIpc) is 3.80. The lowest BCUT2D eigenvalue weighted by Gasteiger charge is -2.52. The fraction of sp³-hybridized carbons (Fsp3) is 0.273. The molecule has 49 heavy (non-hydrogen) atoms. The van der Waals surface area contributed by atoms with Crippen molar-refractivity contribution < 1.29 is 4.42 Å². The Bertz CT molecular complexity index is 2830. The Balaban J connectivity index is 1.36. The van der Waals surface area contributed by atoms with Gasteiger partial charge in [0.05, 0.1) is 11.1 Å². The van der Waals surface area contributed by atoms with E-state index >= 15 is 0 Å². The zero-order valence-electron chi connectivity index (χ0n) is 28.7. The minimum absolute atomic E-state index is 0.0162. The summed E-state index contributed by atoms with van der Waals surface area (Å²) in [6.07, 6.45) is 4.98. The normalized spacial score (nSPS) is 22.1. The van der Waals surface area contributed by atoms with E-state index in [1.54, 1.807) is 5.56 Å². The number of benzene rings is 5. The fourth-order valence-corrected chi connectivity index (χ4v) is 12.2. The van der Waals surface area contributed by atoms with E-state index in [0.29, 0.717) is 0 Å². The molecule has 8 aromatic rings. The number of para-hydroxylation sites is 2. The van der Waals surface area contributed by atoms with Gasteiger partial charge in [0.25, 0.3) is 0 Å². The van der Waals surface area contributed by atoms with Gasteiger partial charge < -0.3 is 13.8 Å². The minimum atomic E-state index is -0.0162. The van der Waals surface area contributed by atoms with E-state index < -0.39 is 0 Å². The van der Waals surface area contributed by atoms with Crippen LogP contribution in [0.4, 0.5) is 11.4 Å². The van der Waals surface area contributed by atoms with E-state index in [1.807, 2.05) is 11.3 Å². The molecule has 1 fully saturated rings. The van der Waals surface area contributed by atoms with Crippen LogP contribution in [0.2, 0.25) is 0 Å². The lowest BCUT2D eigenvalue weighted by Crippen LogP contribution is -2.62. The number of hydrogen-bond donors (Lipinski definition) is 0. The quantitative estimate of drug-likeness (QED) is 0.152. The molecule has 0 N–H and O–H groups in total. The standard InChI is InChI=1S/C44H37BN2OS/c1-42(2,3)24-21-30-39-31(22-24)45-36-32(46(39)44(5)20-11-10-19-43(30,44)4)23-29-25-13-7-9-18-34(25)49-41(29)35(36)27-15-12-16-28-37(27)47(45)38-26-14-6-8-17-33(26)48-40(28)38/h6-9,12-18,21-23H,10-11,19-20H2,1-5H3. The molecule has 0 spiro atoms. The Labute approximate surface area is 290 Å². The lowest BCUT2D eigenvalue weighted by molar-refractivity contribution is 0.195. The largest absolute Gasteiger partial charge is 0.454 e. The fourth-order valence-electron chi connectivity index (χ4n) is 10.9. The number of rotatable bonds is 0. The number of furan rings is 1. The SMILES string of the molecule is CC(C)(C)c1cc2c3c(c1)C1(C)CCCCC1(C)N3c1cc3c(sc4ccccc43)c3c1B2n1c2c-3cccc2c2oc3ccccc3c21. The third-order valence-corrected chi connectivity index (χ3v) is 14.7. The van der Waals surface area contributed by atoms with Gasteiger partial charge in [0.1, 0.15) is 5.58 Å². The number of aromatic nitrogens is 1. The molecule has 3 aliphatic heterocycles. The molecule has 0 saturated heterocycles. The van der Waals surface area contributed by atoms with Crippen LogP contribution in [0.1, 0.15) is 71.4 Å². The van der Waals surface area contributed by atoms with Crippen molar-refractivity contribution in [3.8, 4) is 11.1 Å². The Kier molecular flexibility index (Phi) is 4.72. The van der Waals surface area contributed by atoms with E-state index in [2.05, 4.69) is 129 Å². The van der Waals surface area contributed by atoms with Crippen molar-refractivity contribution in [1.82, 2.24) is 4.48 Å². The Morgan fingerprint density at radius 1 is 0.796 bits per heavy atom. The predicted octanol–water partition coefficient (Wildman–Crippen LogP) is 10.9. The molecule has 6 heterocycles. The van der Waals surface area contributed by atoms with Crippen molar-refractivity contribution in [2.75, 3.05) is 4.90 Å². The third kappa shape index (κ3) is 2.95. The highest BCUT2D eigenvalue weighted by atomic mass is 32.1. The smallest absolute Gasteiger partial charge is 0.333 e. The van der Waals surface area contributed by atoms with Crippen LogP contribution >= 0.6 is 11.3 Å². The topological polar surface area (TPSA) is 21.3 Å². The Morgan fingerprint density at radius 3 is 2.43 bits per heavy atom. The number of thiophene rings is 1. The molecule has 0 bridgehead atoms. The molecule has 1 saturated carbocycles. The van der Waals surface area contributed by atoms with Crippen molar-refractivity contribution in [2.45, 2.75) is 76.7 Å². The van der Waals surface area contributed by atoms with Crippen molar-refractivity contribution in [1.29, 1.82) is 0 Å². The second kappa shape index (κ2) is 8.45. The third-order valence-electron chi connectivity index (χ3n) is 13.5. The minimum Gasteiger partial charge on any atom is -0.454 e. The summed E-state index contributed by atoms with van der Waals surface area (Å²) in [6, 6.07) is 32.5. The van der Waals surface area contributed by atoms with E-state index in [4.69, 9.17) is 4.42 Å². The van der Waals surface area contributed by atoms with E-state index in [1.165, 1.54) is 107 Å². The number of hydrogen-bond acceptors (Lipinski definition) is 3.